The Balaban J connectivity index is 1.79. The van der Waals surface area contributed by atoms with Gasteiger partial charge in [-0.3, -0.25) is 19.1 Å². The smallest absolute Gasteiger partial charge is 0.345 e. The number of alkyl halides is 3. The summed E-state index contributed by atoms with van der Waals surface area (Å²) < 4.78 is 39.2. The third-order valence-corrected chi connectivity index (χ3v) is 4.10. The predicted octanol–water partition coefficient (Wildman–Crippen LogP) is 1.54. The van der Waals surface area contributed by atoms with Gasteiger partial charge in [0.25, 0.3) is 5.91 Å². The van der Waals surface area contributed by atoms with Crippen molar-refractivity contribution in [1.29, 1.82) is 0 Å². The molecule has 0 saturated heterocycles. The second-order valence-corrected chi connectivity index (χ2v) is 6.25. The summed E-state index contributed by atoms with van der Waals surface area (Å²) in [5.74, 6) is -1.80. The molecule has 8 nitrogen and oxygen atoms in total. The lowest BCUT2D eigenvalue weighted by Crippen LogP contribution is -2.40. The number of carbonyl (C=O) groups is 3. The second-order valence-electron chi connectivity index (χ2n) is 6.25. The van der Waals surface area contributed by atoms with Gasteiger partial charge in [-0.1, -0.05) is 0 Å². The van der Waals surface area contributed by atoms with Crippen LogP contribution in [-0.2, 0) is 22.8 Å². The van der Waals surface area contributed by atoms with Crippen molar-refractivity contribution < 1.29 is 27.6 Å². The SMILES string of the molecule is Cc1nn(C)c(C)c1NC(=O)CNC(=O)CNC(=O)c1ccc(C(F)(F)F)cc1. The fourth-order valence-corrected chi connectivity index (χ4v) is 2.45. The molecule has 0 saturated carbocycles. The molecule has 1 aromatic heterocycles. The van der Waals surface area contributed by atoms with Crippen molar-refractivity contribution in [2.75, 3.05) is 18.4 Å². The van der Waals surface area contributed by atoms with Gasteiger partial charge < -0.3 is 16.0 Å². The van der Waals surface area contributed by atoms with Gasteiger partial charge in [0.15, 0.2) is 0 Å². The molecular formula is C18H20F3N5O3. The fraction of sp³-hybridized carbons (Fsp3) is 0.333. The van der Waals surface area contributed by atoms with Crippen LogP contribution in [0.4, 0.5) is 18.9 Å². The zero-order valence-electron chi connectivity index (χ0n) is 16.0. The minimum atomic E-state index is -4.50. The summed E-state index contributed by atoms with van der Waals surface area (Å²) >= 11 is 0. The lowest BCUT2D eigenvalue weighted by atomic mass is 10.1. The van der Waals surface area contributed by atoms with E-state index in [2.05, 4.69) is 21.0 Å². The Kier molecular flexibility index (Phi) is 6.62. The number of halogens is 3. The van der Waals surface area contributed by atoms with Gasteiger partial charge in [0.1, 0.15) is 0 Å². The first-order valence-electron chi connectivity index (χ1n) is 8.51. The van der Waals surface area contributed by atoms with Crippen molar-refractivity contribution in [2.24, 2.45) is 7.05 Å². The minimum Gasteiger partial charge on any atom is -0.345 e. The summed E-state index contributed by atoms with van der Waals surface area (Å²) in [7, 11) is 1.74. The molecule has 3 N–H and O–H groups in total. The molecule has 0 fully saturated rings. The van der Waals surface area contributed by atoms with Gasteiger partial charge in [-0.15, -0.1) is 0 Å². The Morgan fingerprint density at radius 1 is 1.00 bits per heavy atom. The minimum absolute atomic E-state index is 0.0222. The average Bonchev–Trinajstić information content (AvgIpc) is 2.90. The van der Waals surface area contributed by atoms with Crippen LogP contribution in [0.1, 0.15) is 27.3 Å². The van der Waals surface area contributed by atoms with E-state index in [1.165, 1.54) is 0 Å². The van der Waals surface area contributed by atoms with Crippen LogP contribution >= 0.6 is 0 Å². The molecule has 0 bridgehead atoms. The number of nitrogens with zero attached hydrogens (tertiary/aromatic N) is 2. The highest BCUT2D eigenvalue weighted by Gasteiger charge is 2.30. The number of anilines is 1. The molecule has 0 spiro atoms. The predicted molar refractivity (Wildman–Crippen MR) is 98.1 cm³/mol. The van der Waals surface area contributed by atoms with Crippen molar-refractivity contribution in [2.45, 2.75) is 20.0 Å². The summed E-state index contributed by atoms with van der Waals surface area (Å²) in [5.41, 5.74) is 1.05. The van der Waals surface area contributed by atoms with Crippen molar-refractivity contribution in [3.05, 3.63) is 46.8 Å². The molecule has 11 heteroatoms. The topological polar surface area (TPSA) is 105 Å². The van der Waals surface area contributed by atoms with E-state index in [9.17, 15) is 27.6 Å². The molecule has 3 amide bonds. The zero-order chi connectivity index (χ0) is 21.8. The highest BCUT2D eigenvalue weighted by atomic mass is 19.4. The Morgan fingerprint density at radius 3 is 2.10 bits per heavy atom. The second kappa shape index (κ2) is 8.76. The van der Waals surface area contributed by atoms with Crippen LogP contribution in [0.15, 0.2) is 24.3 Å². The van der Waals surface area contributed by atoms with E-state index in [0.29, 0.717) is 11.4 Å². The van der Waals surface area contributed by atoms with Gasteiger partial charge in [0.05, 0.1) is 35.7 Å². The third-order valence-electron chi connectivity index (χ3n) is 4.10. The number of hydrogen-bond acceptors (Lipinski definition) is 4. The first kappa shape index (κ1) is 21.9. The van der Waals surface area contributed by atoms with E-state index in [0.717, 1.165) is 30.0 Å². The maximum atomic E-state index is 12.5. The maximum Gasteiger partial charge on any atom is 0.416 e. The largest absolute Gasteiger partial charge is 0.416 e. The van der Waals surface area contributed by atoms with Crippen LogP contribution in [0.3, 0.4) is 0 Å². The zero-order valence-corrected chi connectivity index (χ0v) is 16.0. The van der Waals surface area contributed by atoms with Crippen LogP contribution < -0.4 is 16.0 Å². The molecule has 1 aromatic carbocycles. The Morgan fingerprint density at radius 2 is 1.59 bits per heavy atom. The number of aromatic nitrogens is 2. The Bertz CT molecular complexity index is 920. The van der Waals surface area contributed by atoms with Crippen molar-refractivity contribution in [3.8, 4) is 0 Å². The van der Waals surface area contributed by atoms with E-state index in [4.69, 9.17) is 0 Å². The number of nitrogens with one attached hydrogen (secondary N) is 3. The van der Waals surface area contributed by atoms with E-state index >= 15 is 0 Å². The highest BCUT2D eigenvalue weighted by molar-refractivity contribution is 5.98. The lowest BCUT2D eigenvalue weighted by molar-refractivity contribution is -0.137. The molecule has 1 heterocycles. The standard InChI is InChI=1S/C18H20F3N5O3/c1-10-16(11(2)26(3)25-10)24-15(28)9-22-14(27)8-23-17(29)12-4-6-13(7-5-12)18(19,20)21/h4-7H,8-9H2,1-3H3,(H,22,27)(H,23,29)(H,24,28). The molecule has 0 aliphatic heterocycles. The van der Waals surface area contributed by atoms with Crippen LogP contribution in [0, 0.1) is 13.8 Å². The molecule has 0 radical (unpaired) electrons. The van der Waals surface area contributed by atoms with Crippen LogP contribution in [0.25, 0.3) is 0 Å². The number of benzene rings is 1. The van der Waals surface area contributed by atoms with E-state index in [1.54, 1.807) is 25.6 Å². The van der Waals surface area contributed by atoms with Gasteiger partial charge in [0, 0.05) is 12.6 Å². The normalized spacial score (nSPS) is 11.1. The molecule has 0 atom stereocenters. The monoisotopic (exact) mass is 411 g/mol. The van der Waals surface area contributed by atoms with Gasteiger partial charge in [-0.2, -0.15) is 18.3 Å². The summed E-state index contributed by atoms with van der Waals surface area (Å²) in [6.07, 6.45) is -4.50. The van der Waals surface area contributed by atoms with Crippen LogP contribution in [0.5, 0.6) is 0 Å². The number of carbonyl (C=O) groups excluding carboxylic acids is 3. The van der Waals surface area contributed by atoms with E-state index in [1.807, 2.05) is 0 Å². The molecule has 156 valence electrons. The number of rotatable bonds is 6. The van der Waals surface area contributed by atoms with Gasteiger partial charge in [-0.25, -0.2) is 0 Å². The van der Waals surface area contributed by atoms with Crippen LogP contribution in [0.2, 0.25) is 0 Å². The van der Waals surface area contributed by atoms with Gasteiger partial charge in [0.2, 0.25) is 11.8 Å². The number of aryl methyl sites for hydroxylation is 2. The quantitative estimate of drug-likeness (QED) is 0.671. The van der Waals surface area contributed by atoms with Crippen LogP contribution in [-0.4, -0.2) is 40.6 Å². The lowest BCUT2D eigenvalue weighted by Gasteiger charge is -2.09. The molecule has 2 aromatic rings. The molecule has 0 unspecified atom stereocenters. The number of hydrogen-bond donors (Lipinski definition) is 3. The maximum absolute atomic E-state index is 12.5. The Labute approximate surface area is 164 Å². The summed E-state index contributed by atoms with van der Waals surface area (Å²) in [6.45, 7) is 2.77. The first-order chi connectivity index (χ1) is 13.5. The molecule has 0 aliphatic carbocycles. The summed E-state index contributed by atoms with van der Waals surface area (Å²) in [4.78, 5) is 35.7. The molecular weight excluding hydrogens is 391 g/mol. The Hall–Kier alpha value is -3.37. The first-order valence-corrected chi connectivity index (χ1v) is 8.51. The molecule has 0 aliphatic rings. The van der Waals surface area contributed by atoms with Crippen molar-refractivity contribution in [3.63, 3.8) is 0 Å². The number of amides is 3. The summed E-state index contributed by atoms with van der Waals surface area (Å²) in [5, 5.41) is 11.4. The highest BCUT2D eigenvalue weighted by Crippen LogP contribution is 2.29. The van der Waals surface area contributed by atoms with Gasteiger partial charge in [-0.05, 0) is 38.1 Å². The average molecular weight is 411 g/mol. The third kappa shape index (κ3) is 5.80. The summed E-state index contributed by atoms with van der Waals surface area (Å²) in [6, 6.07) is 3.59. The molecule has 29 heavy (non-hydrogen) atoms. The fourth-order valence-electron chi connectivity index (χ4n) is 2.45. The molecule has 2 rings (SSSR count). The van der Waals surface area contributed by atoms with Gasteiger partial charge >= 0.3 is 6.18 Å². The van der Waals surface area contributed by atoms with E-state index < -0.39 is 36.0 Å². The van der Waals surface area contributed by atoms with Crippen molar-refractivity contribution in [1.82, 2.24) is 20.4 Å². The van der Waals surface area contributed by atoms with E-state index in [-0.39, 0.29) is 12.1 Å². The van der Waals surface area contributed by atoms with Crippen molar-refractivity contribution >= 4 is 23.4 Å².